The molecule has 6 heteroatoms. The summed E-state index contributed by atoms with van der Waals surface area (Å²) in [5.41, 5.74) is 10.7. The third-order valence-corrected chi connectivity index (χ3v) is 5.15. The first kappa shape index (κ1) is 17.0. The Balaban J connectivity index is 1.86. The molecule has 1 aliphatic heterocycles. The Morgan fingerprint density at radius 3 is 2.75 bits per heavy atom. The lowest BCUT2D eigenvalue weighted by molar-refractivity contribution is -0.129. The second-order valence-electron chi connectivity index (χ2n) is 6.56. The van der Waals surface area contributed by atoms with Crippen molar-refractivity contribution in [2.24, 2.45) is 5.73 Å². The average Bonchev–Trinajstić information content (AvgIpc) is 3.09. The van der Waals surface area contributed by atoms with Crippen molar-refractivity contribution in [1.29, 1.82) is 0 Å². The molecule has 1 aliphatic rings. The van der Waals surface area contributed by atoms with Crippen LogP contribution in [0.25, 0.3) is 5.69 Å². The number of benzene rings is 1. The summed E-state index contributed by atoms with van der Waals surface area (Å²) in [4.78, 5) is 14.4. The lowest BCUT2D eigenvalue weighted by atomic mass is 10.1. The SMILES string of the molecule is Cc1ccc(-n2nc(C)c(CC(=O)N3CCC(N)C3)c2C)cc1Cl. The van der Waals surface area contributed by atoms with Crippen LogP contribution in [0.4, 0.5) is 0 Å². The number of carbonyl (C=O) groups is 1. The maximum Gasteiger partial charge on any atom is 0.227 e. The van der Waals surface area contributed by atoms with Crippen molar-refractivity contribution in [3.8, 4) is 5.69 Å². The van der Waals surface area contributed by atoms with Crippen LogP contribution in [0.3, 0.4) is 0 Å². The Labute approximate surface area is 147 Å². The molecule has 1 fully saturated rings. The molecule has 2 aromatic rings. The second kappa shape index (κ2) is 6.57. The fourth-order valence-electron chi connectivity index (χ4n) is 3.17. The predicted octanol–water partition coefficient (Wildman–Crippen LogP) is 2.55. The predicted molar refractivity (Wildman–Crippen MR) is 95.7 cm³/mol. The van der Waals surface area contributed by atoms with Crippen LogP contribution in [0.15, 0.2) is 18.2 Å². The van der Waals surface area contributed by atoms with E-state index in [2.05, 4.69) is 5.10 Å². The van der Waals surface area contributed by atoms with E-state index in [-0.39, 0.29) is 11.9 Å². The number of hydrogen-bond acceptors (Lipinski definition) is 3. The minimum atomic E-state index is 0.105. The minimum Gasteiger partial charge on any atom is -0.341 e. The Kier molecular flexibility index (Phi) is 4.65. The van der Waals surface area contributed by atoms with Gasteiger partial charge >= 0.3 is 0 Å². The van der Waals surface area contributed by atoms with E-state index in [4.69, 9.17) is 17.3 Å². The van der Waals surface area contributed by atoms with Crippen molar-refractivity contribution in [1.82, 2.24) is 14.7 Å². The Hall–Kier alpha value is -1.85. The summed E-state index contributed by atoms with van der Waals surface area (Å²) in [5.74, 6) is 0.121. The number of nitrogens with two attached hydrogens (primary N) is 1. The van der Waals surface area contributed by atoms with E-state index >= 15 is 0 Å². The van der Waals surface area contributed by atoms with Crippen molar-refractivity contribution in [2.75, 3.05) is 13.1 Å². The highest BCUT2D eigenvalue weighted by Crippen LogP contribution is 2.23. The number of aromatic nitrogens is 2. The molecule has 2 N–H and O–H groups in total. The number of rotatable bonds is 3. The molecule has 0 radical (unpaired) electrons. The van der Waals surface area contributed by atoms with Gasteiger partial charge in [-0.1, -0.05) is 17.7 Å². The molecule has 24 heavy (non-hydrogen) atoms. The fraction of sp³-hybridized carbons (Fsp3) is 0.444. The van der Waals surface area contributed by atoms with Crippen molar-refractivity contribution in [2.45, 2.75) is 39.7 Å². The van der Waals surface area contributed by atoms with Gasteiger partial charge in [-0.25, -0.2) is 4.68 Å². The van der Waals surface area contributed by atoms with Crippen molar-refractivity contribution in [3.05, 3.63) is 45.7 Å². The second-order valence-corrected chi connectivity index (χ2v) is 6.97. The Morgan fingerprint density at radius 2 is 2.12 bits per heavy atom. The molecule has 1 amide bonds. The maximum atomic E-state index is 12.5. The largest absolute Gasteiger partial charge is 0.341 e. The summed E-state index contributed by atoms with van der Waals surface area (Å²) < 4.78 is 1.86. The minimum absolute atomic E-state index is 0.105. The molecule has 5 nitrogen and oxygen atoms in total. The van der Waals surface area contributed by atoms with E-state index in [1.54, 1.807) is 0 Å². The zero-order chi connectivity index (χ0) is 17.4. The molecule has 0 aliphatic carbocycles. The third-order valence-electron chi connectivity index (χ3n) is 4.75. The molecule has 0 saturated carbocycles. The van der Waals surface area contributed by atoms with E-state index in [0.717, 1.165) is 41.2 Å². The van der Waals surface area contributed by atoms with Crippen LogP contribution in [-0.4, -0.2) is 39.7 Å². The van der Waals surface area contributed by atoms with Crippen LogP contribution in [0, 0.1) is 20.8 Å². The molecule has 1 unspecified atom stereocenters. The van der Waals surface area contributed by atoms with Gasteiger partial charge in [0.15, 0.2) is 0 Å². The van der Waals surface area contributed by atoms with E-state index < -0.39 is 0 Å². The highest BCUT2D eigenvalue weighted by Gasteiger charge is 2.25. The highest BCUT2D eigenvalue weighted by molar-refractivity contribution is 6.31. The summed E-state index contributed by atoms with van der Waals surface area (Å²) >= 11 is 6.23. The molecule has 1 saturated heterocycles. The number of aryl methyl sites for hydroxylation is 2. The molecular weight excluding hydrogens is 324 g/mol. The van der Waals surface area contributed by atoms with Gasteiger partial charge in [-0.05, 0) is 44.9 Å². The van der Waals surface area contributed by atoms with E-state index in [1.807, 2.05) is 48.6 Å². The number of nitrogens with zero attached hydrogens (tertiary/aromatic N) is 3. The summed E-state index contributed by atoms with van der Waals surface area (Å²) in [6.07, 6.45) is 1.24. The first-order chi connectivity index (χ1) is 11.4. The van der Waals surface area contributed by atoms with E-state index in [1.165, 1.54) is 0 Å². The highest BCUT2D eigenvalue weighted by atomic mass is 35.5. The van der Waals surface area contributed by atoms with Gasteiger partial charge < -0.3 is 10.6 Å². The van der Waals surface area contributed by atoms with E-state index in [0.29, 0.717) is 18.0 Å². The first-order valence-corrected chi connectivity index (χ1v) is 8.59. The van der Waals surface area contributed by atoms with Gasteiger partial charge in [0.05, 0.1) is 17.8 Å². The van der Waals surface area contributed by atoms with Gasteiger partial charge in [-0.2, -0.15) is 5.10 Å². The van der Waals surface area contributed by atoms with Gasteiger partial charge in [-0.3, -0.25) is 4.79 Å². The number of halogens is 1. The number of hydrogen-bond donors (Lipinski definition) is 1. The number of carbonyl (C=O) groups excluding carboxylic acids is 1. The summed E-state index contributed by atoms with van der Waals surface area (Å²) in [5, 5.41) is 5.32. The van der Waals surface area contributed by atoms with Crippen LogP contribution >= 0.6 is 11.6 Å². The summed E-state index contributed by atoms with van der Waals surface area (Å²) in [6, 6.07) is 5.98. The third kappa shape index (κ3) is 3.19. The average molecular weight is 347 g/mol. The van der Waals surface area contributed by atoms with Crippen LogP contribution < -0.4 is 5.73 Å². The zero-order valence-electron chi connectivity index (χ0n) is 14.3. The van der Waals surface area contributed by atoms with Crippen LogP contribution in [-0.2, 0) is 11.2 Å². The van der Waals surface area contributed by atoms with Crippen molar-refractivity contribution >= 4 is 17.5 Å². The fourth-order valence-corrected chi connectivity index (χ4v) is 3.35. The topological polar surface area (TPSA) is 64.2 Å². The molecule has 1 atom stereocenters. The van der Waals surface area contributed by atoms with Crippen LogP contribution in [0.1, 0.15) is 28.9 Å². The molecule has 0 bridgehead atoms. The van der Waals surface area contributed by atoms with Crippen molar-refractivity contribution in [3.63, 3.8) is 0 Å². The monoisotopic (exact) mass is 346 g/mol. The number of likely N-dealkylation sites (tertiary alicyclic amines) is 1. The molecule has 128 valence electrons. The van der Waals surface area contributed by atoms with Crippen LogP contribution in [0.2, 0.25) is 5.02 Å². The normalized spacial score (nSPS) is 17.5. The van der Waals surface area contributed by atoms with Crippen molar-refractivity contribution < 1.29 is 4.79 Å². The van der Waals surface area contributed by atoms with Gasteiger partial charge in [0, 0.05) is 35.4 Å². The lowest BCUT2D eigenvalue weighted by Crippen LogP contribution is -2.33. The quantitative estimate of drug-likeness (QED) is 0.928. The van der Waals surface area contributed by atoms with Gasteiger partial charge in [-0.15, -0.1) is 0 Å². The summed E-state index contributed by atoms with van der Waals surface area (Å²) in [7, 11) is 0. The molecule has 1 aromatic heterocycles. The van der Waals surface area contributed by atoms with Gasteiger partial charge in [0.25, 0.3) is 0 Å². The Bertz CT molecular complexity index is 784. The molecule has 2 heterocycles. The standard InChI is InChI=1S/C18H23ClN4O/c1-11-4-5-15(8-17(11)19)23-13(3)16(12(2)21-23)9-18(24)22-7-6-14(20)10-22/h4-5,8,14H,6-7,9-10,20H2,1-3H3. The van der Waals surface area contributed by atoms with E-state index in [9.17, 15) is 4.79 Å². The number of amides is 1. The molecular formula is C18H23ClN4O. The zero-order valence-corrected chi connectivity index (χ0v) is 15.1. The Morgan fingerprint density at radius 1 is 1.38 bits per heavy atom. The summed E-state index contributed by atoms with van der Waals surface area (Å²) in [6.45, 7) is 7.31. The maximum absolute atomic E-state index is 12.5. The lowest BCUT2D eigenvalue weighted by Gasteiger charge is -2.15. The first-order valence-electron chi connectivity index (χ1n) is 8.21. The molecule has 1 aromatic carbocycles. The van der Waals surface area contributed by atoms with Gasteiger partial charge in [0.1, 0.15) is 0 Å². The van der Waals surface area contributed by atoms with Crippen LogP contribution in [0.5, 0.6) is 0 Å². The smallest absolute Gasteiger partial charge is 0.227 e. The van der Waals surface area contributed by atoms with Gasteiger partial charge in [0.2, 0.25) is 5.91 Å². The molecule has 3 rings (SSSR count). The molecule has 0 spiro atoms.